The molecular formula is C19H26N4O. The molecule has 0 saturated carbocycles. The van der Waals surface area contributed by atoms with Gasteiger partial charge in [0.05, 0.1) is 11.3 Å². The highest BCUT2D eigenvalue weighted by Crippen LogP contribution is 2.23. The van der Waals surface area contributed by atoms with Crippen molar-refractivity contribution in [1.82, 2.24) is 14.8 Å². The molecule has 2 aliphatic rings. The van der Waals surface area contributed by atoms with Crippen molar-refractivity contribution in [3.8, 4) is 6.07 Å². The number of carbonyl (C=O) groups is 1. The quantitative estimate of drug-likeness (QED) is 0.855. The van der Waals surface area contributed by atoms with Gasteiger partial charge in [-0.1, -0.05) is 6.92 Å². The minimum absolute atomic E-state index is 0.284. The Hall–Kier alpha value is -1.93. The maximum absolute atomic E-state index is 12.4. The minimum atomic E-state index is 0.284. The summed E-state index contributed by atoms with van der Waals surface area (Å²) in [5.41, 5.74) is 3.85. The lowest BCUT2D eigenvalue weighted by Gasteiger charge is -2.33. The normalized spacial score (nSPS) is 21.2. The summed E-state index contributed by atoms with van der Waals surface area (Å²) >= 11 is 0. The number of nitriles is 1. The van der Waals surface area contributed by atoms with Crippen LogP contribution in [0, 0.1) is 24.2 Å². The molecule has 0 aliphatic carbocycles. The molecule has 5 heteroatoms. The number of pyridine rings is 1. The summed E-state index contributed by atoms with van der Waals surface area (Å²) in [7, 11) is 0. The van der Waals surface area contributed by atoms with Crippen LogP contribution < -0.4 is 0 Å². The van der Waals surface area contributed by atoms with Crippen LogP contribution in [0.4, 0.5) is 0 Å². The van der Waals surface area contributed by atoms with Gasteiger partial charge in [0.1, 0.15) is 6.07 Å². The fourth-order valence-electron chi connectivity index (χ4n) is 3.87. The summed E-state index contributed by atoms with van der Waals surface area (Å²) in [6.45, 7) is 8.44. The lowest BCUT2D eigenvalue weighted by molar-refractivity contribution is -0.133. The summed E-state index contributed by atoms with van der Waals surface area (Å²) in [4.78, 5) is 21.1. The summed E-state index contributed by atoms with van der Waals surface area (Å²) in [6, 6.07) is 2.29. The van der Waals surface area contributed by atoms with Crippen LogP contribution in [0.25, 0.3) is 0 Å². The van der Waals surface area contributed by atoms with E-state index in [1.165, 1.54) is 6.42 Å². The smallest absolute Gasteiger partial charge is 0.223 e. The van der Waals surface area contributed by atoms with Gasteiger partial charge in [-0.2, -0.15) is 5.26 Å². The maximum Gasteiger partial charge on any atom is 0.223 e. The van der Waals surface area contributed by atoms with E-state index in [1.807, 2.05) is 18.0 Å². The van der Waals surface area contributed by atoms with Crippen LogP contribution in [-0.2, 0) is 17.8 Å². The minimum Gasteiger partial charge on any atom is -0.342 e. The van der Waals surface area contributed by atoms with E-state index < -0.39 is 0 Å². The van der Waals surface area contributed by atoms with Crippen LogP contribution >= 0.6 is 0 Å². The van der Waals surface area contributed by atoms with Gasteiger partial charge in [0.25, 0.3) is 0 Å². The summed E-state index contributed by atoms with van der Waals surface area (Å²) in [6.07, 6.45) is 5.72. The fraction of sp³-hybridized carbons (Fsp3) is 0.632. The third-order valence-electron chi connectivity index (χ3n) is 5.30. The number of nitrogens with zero attached hydrogens (tertiary/aromatic N) is 4. The number of hydrogen-bond acceptors (Lipinski definition) is 4. The molecule has 1 atom stereocenters. The Morgan fingerprint density at radius 2 is 2.29 bits per heavy atom. The van der Waals surface area contributed by atoms with E-state index in [1.54, 1.807) is 0 Å². The Morgan fingerprint density at radius 3 is 3.04 bits per heavy atom. The highest BCUT2D eigenvalue weighted by Gasteiger charge is 2.24. The molecule has 0 radical (unpaired) electrons. The molecule has 0 N–H and O–H groups in total. The number of hydrogen-bond donors (Lipinski definition) is 0. The second kappa shape index (κ2) is 7.31. The van der Waals surface area contributed by atoms with Crippen LogP contribution in [0.15, 0.2) is 6.20 Å². The van der Waals surface area contributed by atoms with Gasteiger partial charge in [0.2, 0.25) is 5.91 Å². The summed E-state index contributed by atoms with van der Waals surface area (Å²) < 4.78 is 0. The highest BCUT2D eigenvalue weighted by molar-refractivity contribution is 5.76. The van der Waals surface area contributed by atoms with Crippen molar-refractivity contribution in [2.45, 2.75) is 46.1 Å². The lowest BCUT2D eigenvalue weighted by Crippen LogP contribution is -2.41. The number of rotatable bonds is 3. The molecule has 0 spiro atoms. The summed E-state index contributed by atoms with van der Waals surface area (Å²) in [5.74, 6) is 0.912. The lowest BCUT2D eigenvalue weighted by atomic mass is 9.95. The van der Waals surface area contributed by atoms with Crippen molar-refractivity contribution < 1.29 is 4.79 Å². The zero-order valence-corrected chi connectivity index (χ0v) is 14.7. The fourth-order valence-corrected chi connectivity index (χ4v) is 3.87. The number of piperidine rings is 1. The van der Waals surface area contributed by atoms with E-state index >= 15 is 0 Å². The van der Waals surface area contributed by atoms with Gasteiger partial charge in [-0.3, -0.25) is 14.7 Å². The zero-order chi connectivity index (χ0) is 17.1. The van der Waals surface area contributed by atoms with E-state index in [4.69, 9.17) is 0 Å². The van der Waals surface area contributed by atoms with Crippen LogP contribution in [0.5, 0.6) is 0 Å². The number of fused-ring (bicyclic) bond motifs is 1. The van der Waals surface area contributed by atoms with E-state index in [0.717, 1.165) is 67.9 Å². The van der Waals surface area contributed by atoms with Gasteiger partial charge in [-0.05, 0) is 43.2 Å². The first-order valence-electron chi connectivity index (χ1n) is 8.96. The number of likely N-dealkylation sites (tertiary alicyclic amines) is 1. The van der Waals surface area contributed by atoms with Gasteiger partial charge in [-0.15, -0.1) is 0 Å². The zero-order valence-electron chi connectivity index (χ0n) is 14.7. The molecule has 128 valence electrons. The standard InChI is InChI=1S/C19H26N4O/c1-14-4-3-7-23(12-14)19(24)6-9-22-8-5-17-16(13-22)11-21-15(2)18(17)10-20/h11,14H,3-9,12-13H2,1-2H3. The Morgan fingerprint density at radius 1 is 1.46 bits per heavy atom. The molecule has 3 rings (SSSR count). The molecular weight excluding hydrogens is 300 g/mol. The third kappa shape index (κ3) is 3.59. The van der Waals surface area contributed by atoms with Crippen molar-refractivity contribution in [2.24, 2.45) is 5.92 Å². The van der Waals surface area contributed by atoms with Gasteiger partial charge in [0, 0.05) is 45.3 Å². The van der Waals surface area contributed by atoms with Crippen molar-refractivity contribution in [1.29, 1.82) is 5.26 Å². The van der Waals surface area contributed by atoms with Crippen molar-refractivity contribution >= 4 is 5.91 Å². The van der Waals surface area contributed by atoms with E-state index in [9.17, 15) is 10.1 Å². The van der Waals surface area contributed by atoms with Gasteiger partial charge in [0.15, 0.2) is 0 Å². The van der Waals surface area contributed by atoms with Crippen molar-refractivity contribution in [2.75, 3.05) is 26.2 Å². The van der Waals surface area contributed by atoms with Gasteiger partial charge < -0.3 is 4.90 Å². The van der Waals surface area contributed by atoms with Crippen LogP contribution in [0.1, 0.15) is 48.6 Å². The molecule has 1 unspecified atom stereocenters. The topological polar surface area (TPSA) is 60.2 Å². The SMILES string of the molecule is Cc1ncc2c(c1C#N)CCN(CCC(=O)N1CCCC(C)C1)C2. The van der Waals surface area contributed by atoms with E-state index in [2.05, 4.69) is 22.9 Å². The van der Waals surface area contributed by atoms with E-state index in [0.29, 0.717) is 12.3 Å². The predicted molar refractivity (Wildman–Crippen MR) is 92.3 cm³/mol. The summed E-state index contributed by atoms with van der Waals surface area (Å²) in [5, 5.41) is 9.33. The first kappa shape index (κ1) is 16.9. The van der Waals surface area contributed by atoms with Crippen LogP contribution in [0.3, 0.4) is 0 Å². The van der Waals surface area contributed by atoms with E-state index in [-0.39, 0.29) is 5.91 Å². The molecule has 5 nitrogen and oxygen atoms in total. The molecule has 1 fully saturated rings. The molecule has 1 aromatic rings. The second-order valence-corrected chi connectivity index (χ2v) is 7.20. The van der Waals surface area contributed by atoms with Gasteiger partial charge >= 0.3 is 0 Å². The maximum atomic E-state index is 12.4. The Balaban J connectivity index is 1.57. The molecule has 1 saturated heterocycles. The second-order valence-electron chi connectivity index (χ2n) is 7.20. The van der Waals surface area contributed by atoms with Crippen molar-refractivity contribution in [3.05, 3.63) is 28.6 Å². The average Bonchev–Trinajstić information content (AvgIpc) is 2.59. The Bertz CT molecular complexity index is 664. The molecule has 2 aliphatic heterocycles. The largest absolute Gasteiger partial charge is 0.342 e. The average molecular weight is 326 g/mol. The van der Waals surface area contributed by atoms with Crippen molar-refractivity contribution in [3.63, 3.8) is 0 Å². The first-order valence-corrected chi connectivity index (χ1v) is 8.96. The first-order chi connectivity index (χ1) is 11.6. The molecule has 1 amide bonds. The molecule has 24 heavy (non-hydrogen) atoms. The van der Waals surface area contributed by atoms with Crippen LogP contribution in [0.2, 0.25) is 0 Å². The third-order valence-corrected chi connectivity index (χ3v) is 5.30. The molecule has 1 aromatic heterocycles. The predicted octanol–water partition coefficient (Wildman–Crippen LogP) is 2.27. The monoisotopic (exact) mass is 326 g/mol. The Kier molecular flexibility index (Phi) is 5.15. The molecule has 0 aromatic carbocycles. The molecule has 3 heterocycles. The number of aryl methyl sites for hydroxylation is 1. The number of amides is 1. The highest BCUT2D eigenvalue weighted by atomic mass is 16.2. The van der Waals surface area contributed by atoms with Gasteiger partial charge in [-0.25, -0.2) is 0 Å². The van der Waals surface area contributed by atoms with Crippen LogP contribution in [-0.4, -0.2) is 46.9 Å². The Labute approximate surface area is 144 Å². The number of aromatic nitrogens is 1. The molecule has 0 bridgehead atoms. The number of carbonyl (C=O) groups excluding carboxylic acids is 1.